The molecule has 1 amide bonds. The third-order valence-electron chi connectivity index (χ3n) is 14.7. The molecule has 0 saturated carbocycles. The van der Waals surface area contributed by atoms with Crippen LogP contribution in [-0.4, -0.2) is 110 Å². The standard InChI is InChI=1S/C61H115NO10/c1-3-5-7-9-11-13-15-17-19-21-23-25-26-27-29-31-33-35-37-39-41-43-45-47-49-54(65)60(70)62-52(51-71-61-59(69)58(68)57(67)55(50-63)72-61)56(66)53(64)48-46-44-42-40-38-36-34-32-30-28-24-22-20-18-16-14-12-10-8-6-4-2/h23,25,27,29,40,42,52-59,61,63-69H,3-22,24,26,28,30-39,41,43-51H2,1-2H3,(H,62,70)/b25-23-,29-27-,42-40+. The molecule has 8 N–H and O–H groups in total. The molecular weight excluding hydrogens is 907 g/mol. The van der Waals surface area contributed by atoms with Gasteiger partial charge in [-0.3, -0.25) is 4.79 Å². The Balaban J connectivity index is 2.32. The molecule has 424 valence electrons. The molecule has 0 radical (unpaired) electrons. The molecule has 1 heterocycles. The van der Waals surface area contributed by atoms with Crippen LogP contribution in [-0.2, 0) is 14.3 Å². The maximum atomic E-state index is 13.2. The van der Waals surface area contributed by atoms with Crippen molar-refractivity contribution in [2.75, 3.05) is 13.2 Å². The fourth-order valence-electron chi connectivity index (χ4n) is 9.71. The minimum absolute atomic E-state index is 0.247. The lowest BCUT2D eigenvalue weighted by Crippen LogP contribution is -2.60. The second-order valence-corrected chi connectivity index (χ2v) is 21.4. The molecule has 72 heavy (non-hydrogen) atoms. The summed E-state index contributed by atoms with van der Waals surface area (Å²) in [5.41, 5.74) is 0. The van der Waals surface area contributed by atoms with Crippen molar-refractivity contribution >= 4 is 5.91 Å². The summed E-state index contributed by atoms with van der Waals surface area (Å²) < 4.78 is 11.1. The number of unbranched alkanes of at least 4 members (excludes halogenated alkanes) is 34. The number of carbonyl (C=O) groups is 1. The number of aliphatic hydroxyl groups is 7. The molecule has 9 unspecified atom stereocenters. The van der Waals surface area contributed by atoms with Crippen molar-refractivity contribution < 1.29 is 50.0 Å². The molecule has 1 aliphatic rings. The zero-order valence-electron chi connectivity index (χ0n) is 46.4. The van der Waals surface area contributed by atoms with Crippen LogP contribution < -0.4 is 5.32 Å². The molecule has 0 aromatic carbocycles. The second-order valence-electron chi connectivity index (χ2n) is 21.4. The van der Waals surface area contributed by atoms with Crippen LogP contribution in [0.15, 0.2) is 36.5 Å². The maximum absolute atomic E-state index is 13.2. The Kier molecular flexibility index (Phi) is 47.6. The number of amides is 1. The monoisotopic (exact) mass is 1020 g/mol. The first-order valence-electron chi connectivity index (χ1n) is 30.4. The molecule has 11 heteroatoms. The van der Waals surface area contributed by atoms with Gasteiger partial charge in [-0.1, -0.05) is 243 Å². The molecule has 1 rings (SSSR count). The van der Waals surface area contributed by atoms with E-state index in [2.05, 4.69) is 55.6 Å². The van der Waals surface area contributed by atoms with Crippen molar-refractivity contribution in [1.29, 1.82) is 0 Å². The van der Waals surface area contributed by atoms with E-state index in [0.29, 0.717) is 12.8 Å². The molecule has 0 aromatic rings. The molecule has 1 saturated heterocycles. The van der Waals surface area contributed by atoms with Crippen LogP contribution in [0.2, 0.25) is 0 Å². The number of hydrogen-bond acceptors (Lipinski definition) is 10. The summed E-state index contributed by atoms with van der Waals surface area (Å²) in [5, 5.41) is 76.2. The van der Waals surface area contributed by atoms with E-state index in [0.717, 1.165) is 51.4 Å². The summed E-state index contributed by atoms with van der Waals surface area (Å²) in [6.07, 6.45) is 50.6. The first-order chi connectivity index (χ1) is 35.2. The van der Waals surface area contributed by atoms with Crippen molar-refractivity contribution in [2.24, 2.45) is 0 Å². The van der Waals surface area contributed by atoms with E-state index in [1.165, 1.54) is 186 Å². The van der Waals surface area contributed by atoms with E-state index in [-0.39, 0.29) is 12.8 Å². The van der Waals surface area contributed by atoms with E-state index in [9.17, 15) is 40.5 Å². The maximum Gasteiger partial charge on any atom is 0.249 e. The van der Waals surface area contributed by atoms with Gasteiger partial charge < -0.3 is 50.5 Å². The van der Waals surface area contributed by atoms with E-state index in [4.69, 9.17) is 9.47 Å². The predicted molar refractivity (Wildman–Crippen MR) is 298 cm³/mol. The molecular formula is C61H115NO10. The van der Waals surface area contributed by atoms with Gasteiger partial charge in [-0.05, 0) is 70.6 Å². The molecule has 0 aliphatic carbocycles. The Hall–Kier alpha value is -1.67. The molecule has 1 aliphatic heterocycles. The lowest BCUT2D eigenvalue weighted by molar-refractivity contribution is -0.303. The van der Waals surface area contributed by atoms with Crippen molar-refractivity contribution in [3.05, 3.63) is 36.5 Å². The molecule has 1 fully saturated rings. The van der Waals surface area contributed by atoms with Crippen LogP contribution in [0.5, 0.6) is 0 Å². The zero-order chi connectivity index (χ0) is 52.5. The topological polar surface area (TPSA) is 189 Å². The average Bonchev–Trinajstić information content (AvgIpc) is 3.38. The number of rotatable bonds is 52. The largest absolute Gasteiger partial charge is 0.394 e. The lowest BCUT2D eigenvalue weighted by Gasteiger charge is -2.40. The number of carbonyl (C=O) groups excluding carboxylic acids is 1. The fourth-order valence-corrected chi connectivity index (χ4v) is 9.71. The highest BCUT2D eigenvalue weighted by molar-refractivity contribution is 5.80. The van der Waals surface area contributed by atoms with Crippen LogP contribution in [0.25, 0.3) is 0 Å². The van der Waals surface area contributed by atoms with E-state index in [1.807, 2.05) is 0 Å². The van der Waals surface area contributed by atoms with Crippen LogP contribution in [0.4, 0.5) is 0 Å². The normalized spacial score (nSPS) is 20.3. The lowest BCUT2D eigenvalue weighted by atomic mass is 9.98. The van der Waals surface area contributed by atoms with Crippen molar-refractivity contribution in [2.45, 2.75) is 332 Å². The van der Waals surface area contributed by atoms with Crippen LogP contribution in [0, 0.1) is 0 Å². The summed E-state index contributed by atoms with van der Waals surface area (Å²) >= 11 is 0. The van der Waals surface area contributed by atoms with Gasteiger partial charge in [0.15, 0.2) is 6.29 Å². The number of nitrogens with one attached hydrogen (secondary N) is 1. The Morgan fingerprint density at radius 1 is 0.486 bits per heavy atom. The number of hydrogen-bond donors (Lipinski definition) is 8. The first-order valence-corrected chi connectivity index (χ1v) is 30.4. The Labute approximate surface area is 441 Å². The third-order valence-corrected chi connectivity index (χ3v) is 14.7. The highest BCUT2D eigenvalue weighted by Crippen LogP contribution is 2.23. The van der Waals surface area contributed by atoms with Gasteiger partial charge in [0.2, 0.25) is 5.91 Å². The van der Waals surface area contributed by atoms with Gasteiger partial charge in [0.05, 0.1) is 25.4 Å². The average molecular weight is 1020 g/mol. The van der Waals surface area contributed by atoms with E-state index < -0.39 is 74.2 Å². The Morgan fingerprint density at radius 2 is 0.861 bits per heavy atom. The number of allylic oxidation sites excluding steroid dienone is 6. The van der Waals surface area contributed by atoms with Crippen molar-refractivity contribution in [3.63, 3.8) is 0 Å². The number of ether oxygens (including phenoxy) is 2. The summed E-state index contributed by atoms with van der Waals surface area (Å²) in [6, 6.07) is -1.19. The Morgan fingerprint density at radius 3 is 1.28 bits per heavy atom. The molecule has 0 bridgehead atoms. The van der Waals surface area contributed by atoms with Gasteiger partial charge in [-0.2, -0.15) is 0 Å². The van der Waals surface area contributed by atoms with E-state index in [1.54, 1.807) is 0 Å². The molecule has 11 nitrogen and oxygen atoms in total. The zero-order valence-corrected chi connectivity index (χ0v) is 46.4. The van der Waals surface area contributed by atoms with Crippen molar-refractivity contribution in [1.82, 2.24) is 5.32 Å². The summed E-state index contributed by atoms with van der Waals surface area (Å²) in [4.78, 5) is 13.2. The van der Waals surface area contributed by atoms with E-state index >= 15 is 0 Å². The second kappa shape index (κ2) is 50.2. The highest BCUT2D eigenvalue weighted by Gasteiger charge is 2.44. The molecule has 0 spiro atoms. The highest BCUT2D eigenvalue weighted by atomic mass is 16.7. The van der Waals surface area contributed by atoms with Gasteiger partial charge in [0.25, 0.3) is 0 Å². The van der Waals surface area contributed by atoms with Gasteiger partial charge in [0.1, 0.15) is 36.6 Å². The van der Waals surface area contributed by atoms with Crippen molar-refractivity contribution in [3.8, 4) is 0 Å². The fraction of sp³-hybridized carbons (Fsp3) is 0.885. The number of aliphatic hydroxyl groups excluding tert-OH is 7. The minimum atomic E-state index is -1.67. The summed E-state index contributed by atoms with van der Waals surface area (Å²) in [7, 11) is 0. The van der Waals surface area contributed by atoms with Gasteiger partial charge in [-0.15, -0.1) is 0 Å². The smallest absolute Gasteiger partial charge is 0.249 e. The summed E-state index contributed by atoms with van der Waals surface area (Å²) in [5.74, 6) is -0.708. The molecule has 9 atom stereocenters. The summed E-state index contributed by atoms with van der Waals surface area (Å²) in [6.45, 7) is 3.47. The predicted octanol–water partition coefficient (Wildman–Crippen LogP) is 13.1. The van der Waals surface area contributed by atoms with Crippen LogP contribution in [0.1, 0.15) is 277 Å². The first kappa shape index (κ1) is 68.3. The van der Waals surface area contributed by atoms with Gasteiger partial charge in [0, 0.05) is 0 Å². The van der Waals surface area contributed by atoms with Gasteiger partial charge in [-0.25, -0.2) is 0 Å². The van der Waals surface area contributed by atoms with Crippen LogP contribution in [0.3, 0.4) is 0 Å². The SMILES string of the molecule is CCCCCCCCCCC/C=C\C/C=C\CCCCCCCCCCC(O)C(=O)NC(COC1OC(CO)C(O)C(O)C1O)C(O)C(O)CCC/C=C/CCCCCCCCCCCCCCCCCC. The Bertz CT molecular complexity index is 1260. The minimum Gasteiger partial charge on any atom is -0.394 e. The van der Waals surface area contributed by atoms with Gasteiger partial charge >= 0.3 is 0 Å². The quantitative estimate of drug-likeness (QED) is 0.0215. The molecule has 0 aromatic heterocycles. The van der Waals surface area contributed by atoms with Crippen LogP contribution >= 0.6 is 0 Å². The third kappa shape index (κ3) is 38.0.